The number of amides is 1. The molecule has 6 heteroatoms. The second kappa shape index (κ2) is 7.04. The van der Waals surface area contributed by atoms with E-state index in [1.54, 1.807) is 0 Å². The van der Waals surface area contributed by atoms with Crippen molar-refractivity contribution in [2.75, 3.05) is 26.2 Å². The molecule has 0 aromatic carbocycles. The van der Waals surface area contributed by atoms with Crippen LogP contribution in [-0.4, -0.2) is 49.3 Å². The van der Waals surface area contributed by atoms with Crippen LogP contribution >= 0.6 is 0 Å². The second-order valence-corrected chi connectivity index (χ2v) is 5.79. The Morgan fingerprint density at radius 2 is 2.00 bits per heavy atom. The van der Waals surface area contributed by atoms with Crippen LogP contribution in [0.5, 0.6) is 0 Å². The third-order valence-electron chi connectivity index (χ3n) is 4.36. The number of carboxylic acids is 1. The molecule has 3 N–H and O–H groups in total. The van der Waals surface area contributed by atoms with E-state index < -0.39 is 11.4 Å². The molecule has 0 unspecified atom stereocenters. The number of carbonyl (C=O) groups excluding carboxylic acids is 1. The number of hydrogen-bond acceptors (Lipinski definition) is 4. The molecule has 0 bridgehead atoms. The van der Waals surface area contributed by atoms with E-state index in [-0.39, 0.29) is 18.6 Å². The molecule has 1 aliphatic carbocycles. The minimum atomic E-state index is -0.796. The van der Waals surface area contributed by atoms with E-state index in [4.69, 9.17) is 9.84 Å². The van der Waals surface area contributed by atoms with E-state index >= 15 is 0 Å². The maximum atomic E-state index is 11.7. The average molecular weight is 284 g/mol. The summed E-state index contributed by atoms with van der Waals surface area (Å²) >= 11 is 0. The van der Waals surface area contributed by atoms with E-state index in [0.29, 0.717) is 25.9 Å². The Balaban J connectivity index is 1.59. The molecule has 114 valence electrons. The maximum absolute atomic E-state index is 11.7. The highest BCUT2D eigenvalue weighted by Gasteiger charge is 2.44. The van der Waals surface area contributed by atoms with Gasteiger partial charge >= 0.3 is 5.97 Å². The Morgan fingerprint density at radius 3 is 2.55 bits per heavy atom. The lowest BCUT2D eigenvalue weighted by molar-refractivity contribution is -0.154. The van der Waals surface area contributed by atoms with Crippen LogP contribution in [0.3, 0.4) is 0 Å². The smallest absolute Gasteiger partial charge is 0.311 e. The first-order valence-corrected chi connectivity index (χ1v) is 7.45. The third kappa shape index (κ3) is 3.93. The van der Waals surface area contributed by atoms with E-state index in [2.05, 4.69) is 10.6 Å². The Hall–Kier alpha value is -1.14. The van der Waals surface area contributed by atoms with Crippen LogP contribution in [0.15, 0.2) is 0 Å². The van der Waals surface area contributed by atoms with Crippen LogP contribution in [0.4, 0.5) is 0 Å². The number of aliphatic carboxylic acids is 1. The molecule has 20 heavy (non-hydrogen) atoms. The number of nitrogens with one attached hydrogen (secondary N) is 2. The fourth-order valence-corrected chi connectivity index (χ4v) is 2.71. The number of carbonyl (C=O) groups is 2. The lowest BCUT2D eigenvalue weighted by atomic mass is 9.69. The van der Waals surface area contributed by atoms with E-state index in [1.807, 2.05) is 0 Å². The molecule has 0 radical (unpaired) electrons. The van der Waals surface area contributed by atoms with Gasteiger partial charge in [0.15, 0.2) is 0 Å². The van der Waals surface area contributed by atoms with Crippen LogP contribution < -0.4 is 10.6 Å². The highest BCUT2D eigenvalue weighted by Crippen LogP contribution is 2.40. The molecule has 1 saturated heterocycles. The molecule has 1 saturated carbocycles. The Bertz CT molecular complexity index is 349. The van der Waals surface area contributed by atoms with Crippen LogP contribution in [0.1, 0.15) is 38.5 Å². The number of piperidine rings is 1. The first kappa shape index (κ1) is 15.3. The van der Waals surface area contributed by atoms with Crippen molar-refractivity contribution in [1.29, 1.82) is 0 Å². The molecule has 1 heterocycles. The van der Waals surface area contributed by atoms with Crippen molar-refractivity contribution < 1.29 is 19.4 Å². The Kier molecular flexibility index (Phi) is 5.37. The molecule has 1 aliphatic heterocycles. The molecule has 2 rings (SSSR count). The van der Waals surface area contributed by atoms with Gasteiger partial charge in [0, 0.05) is 13.0 Å². The second-order valence-electron chi connectivity index (χ2n) is 5.79. The van der Waals surface area contributed by atoms with E-state index in [9.17, 15) is 9.59 Å². The van der Waals surface area contributed by atoms with Gasteiger partial charge < -0.3 is 20.5 Å². The van der Waals surface area contributed by atoms with Crippen molar-refractivity contribution in [3.05, 3.63) is 0 Å². The topological polar surface area (TPSA) is 87.7 Å². The largest absolute Gasteiger partial charge is 0.481 e. The molecule has 0 spiro atoms. The van der Waals surface area contributed by atoms with Gasteiger partial charge in [-0.2, -0.15) is 0 Å². The zero-order valence-corrected chi connectivity index (χ0v) is 11.8. The monoisotopic (exact) mass is 284 g/mol. The normalized spacial score (nSPS) is 22.0. The van der Waals surface area contributed by atoms with Crippen LogP contribution in [0, 0.1) is 5.41 Å². The fraction of sp³-hybridized carbons (Fsp3) is 0.857. The molecule has 2 fully saturated rings. The molecule has 0 aromatic heterocycles. The van der Waals surface area contributed by atoms with Gasteiger partial charge in [0.2, 0.25) is 5.91 Å². The van der Waals surface area contributed by atoms with Gasteiger partial charge in [0.05, 0.1) is 18.1 Å². The molecule has 6 nitrogen and oxygen atoms in total. The standard InChI is InChI=1S/C14H24N2O4/c17-12(4-9-20-11-2-7-15-8-3-11)16-10-14(13(18)19)5-1-6-14/h11,15H,1-10H2,(H,16,17)(H,18,19). The first-order valence-electron chi connectivity index (χ1n) is 7.45. The lowest BCUT2D eigenvalue weighted by Gasteiger charge is -2.37. The predicted molar refractivity (Wildman–Crippen MR) is 73.4 cm³/mol. The zero-order chi connectivity index (χ0) is 14.4. The SMILES string of the molecule is O=C(CCOC1CCNCC1)NCC1(C(=O)O)CCC1. The maximum Gasteiger partial charge on any atom is 0.311 e. The third-order valence-corrected chi connectivity index (χ3v) is 4.36. The van der Waals surface area contributed by atoms with Crippen molar-refractivity contribution in [1.82, 2.24) is 10.6 Å². The van der Waals surface area contributed by atoms with Gasteiger partial charge in [0.25, 0.3) is 0 Å². The minimum absolute atomic E-state index is 0.119. The number of ether oxygens (including phenoxy) is 1. The Morgan fingerprint density at radius 1 is 1.30 bits per heavy atom. The van der Waals surface area contributed by atoms with Crippen molar-refractivity contribution in [2.45, 2.75) is 44.6 Å². The van der Waals surface area contributed by atoms with E-state index in [0.717, 1.165) is 32.4 Å². The molecular formula is C14H24N2O4. The van der Waals surface area contributed by atoms with Crippen LogP contribution in [-0.2, 0) is 14.3 Å². The summed E-state index contributed by atoms with van der Waals surface area (Å²) in [6.07, 6.45) is 4.79. The van der Waals surface area contributed by atoms with E-state index in [1.165, 1.54) is 0 Å². The fourth-order valence-electron chi connectivity index (χ4n) is 2.71. The van der Waals surface area contributed by atoms with Crippen molar-refractivity contribution in [3.63, 3.8) is 0 Å². The highest BCUT2D eigenvalue weighted by atomic mass is 16.5. The predicted octanol–water partition coefficient (Wildman–Crippen LogP) is 0.516. The van der Waals surface area contributed by atoms with Crippen molar-refractivity contribution in [3.8, 4) is 0 Å². The van der Waals surface area contributed by atoms with Gasteiger partial charge in [0.1, 0.15) is 0 Å². The molecule has 0 atom stereocenters. The molecule has 1 amide bonds. The quantitative estimate of drug-likeness (QED) is 0.634. The summed E-state index contributed by atoms with van der Waals surface area (Å²) < 4.78 is 5.66. The number of hydrogen-bond donors (Lipinski definition) is 3. The summed E-state index contributed by atoms with van der Waals surface area (Å²) in [4.78, 5) is 22.9. The first-order chi connectivity index (χ1) is 9.62. The van der Waals surface area contributed by atoms with Crippen LogP contribution in [0.2, 0.25) is 0 Å². The lowest BCUT2D eigenvalue weighted by Crippen LogP contribution is -2.47. The van der Waals surface area contributed by atoms with Crippen molar-refractivity contribution >= 4 is 11.9 Å². The summed E-state index contributed by atoms with van der Waals surface area (Å²) in [6.45, 7) is 2.60. The van der Waals surface area contributed by atoms with Gasteiger partial charge in [-0.3, -0.25) is 9.59 Å². The summed E-state index contributed by atoms with van der Waals surface area (Å²) in [5.41, 5.74) is -0.717. The summed E-state index contributed by atoms with van der Waals surface area (Å²) in [5.74, 6) is -0.915. The van der Waals surface area contributed by atoms with Crippen molar-refractivity contribution in [2.24, 2.45) is 5.41 Å². The molecule has 2 aliphatic rings. The Labute approximate surface area is 119 Å². The van der Waals surface area contributed by atoms with Gasteiger partial charge in [-0.1, -0.05) is 6.42 Å². The summed E-state index contributed by atoms with van der Waals surface area (Å²) in [7, 11) is 0. The van der Waals surface area contributed by atoms with Crippen LogP contribution in [0.25, 0.3) is 0 Å². The summed E-state index contributed by atoms with van der Waals surface area (Å²) in [5, 5.41) is 15.2. The van der Waals surface area contributed by atoms with Gasteiger partial charge in [-0.05, 0) is 38.8 Å². The van der Waals surface area contributed by atoms with Gasteiger partial charge in [-0.15, -0.1) is 0 Å². The number of rotatable bonds is 7. The average Bonchev–Trinajstić information content (AvgIpc) is 2.38. The zero-order valence-electron chi connectivity index (χ0n) is 11.8. The van der Waals surface area contributed by atoms with Gasteiger partial charge in [-0.25, -0.2) is 0 Å². The summed E-state index contributed by atoms with van der Waals surface area (Å²) in [6, 6.07) is 0. The minimum Gasteiger partial charge on any atom is -0.481 e. The highest BCUT2D eigenvalue weighted by molar-refractivity contribution is 5.79. The molecule has 0 aromatic rings. The number of carboxylic acid groups (broad SMARTS) is 1. The molecular weight excluding hydrogens is 260 g/mol.